The lowest BCUT2D eigenvalue weighted by Crippen LogP contribution is -2.53. The molecule has 1 aromatic carbocycles. The normalized spacial score (nSPS) is 14.7. The third kappa shape index (κ3) is 4.07. The maximum Gasteiger partial charge on any atom is 0.239 e. The van der Waals surface area contributed by atoms with Gasteiger partial charge in [-0.05, 0) is 31.4 Å². The number of carbonyl (C=O) groups excluding carboxylic acids is 1. The summed E-state index contributed by atoms with van der Waals surface area (Å²) in [6, 6.07) is 8.29. The summed E-state index contributed by atoms with van der Waals surface area (Å²) >= 11 is 0. The number of benzene rings is 1. The quantitative estimate of drug-likeness (QED) is 0.839. The molecular formula is C17H28N2O. The van der Waals surface area contributed by atoms with Crippen molar-refractivity contribution in [2.24, 2.45) is 5.73 Å². The number of rotatable bonds is 6. The second-order valence-electron chi connectivity index (χ2n) is 6.55. The van der Waals surface area contributed by atoms with E-state index in [1.165, 1.54) is 11.1 Å². The molecule has 0 aliphatic carbocycles. The molecule has 0 aliphatic rings. The second-order valence-corrected chi connectivity index (χ2v) is 6.55. The number of amides is 1. The van der Waals surface area contributed by atoms with Crippen LogP contribution in [-0.4, -0.2) is 18.0 Å². The van der Waals surface area contributed by atoms with Crippen molar-refractivity contribution in [3.63, 3.8) is 0 Å². The molecule has 20 heavy (non-hydrogen) atoms. The monoisotopic (exact) mass is 276 g/mol. The van der Waals surface area contributed by atoms with Gasteiger partial charge in [-0.3, -0.25) is 4.79 Å². The Morgan fingerprint density at radius 3 is 2.40 bits per heavy atom. The Bertz CT molecular complexity index is 464. The molecule has 1 aromatic rings. The van der Waals surface area contributed by atoms with E-state index in [-0.39, 0.29) is 11.3 Å². The van der Waals surface area contributed by atoms with Crippen LogP contribution in [0.3, 0.4) is 0 Å². The second kappa shape index (κ2) is 6.40. The minimum absolute atomic E-state index is 0.0685. The van der Waals surface area contributed by atoms with Gasteiger partial charge in [0.05, 0.1) is 5.54 Å². The average molecular weight is 276 g/mol. The van der Waals surface area contributed by atoms with Gasteiger partial charge in [0.15, 0.2) is 0 Å². The van der Waals surface area contributed by atoms with Crippen LogP contribution in [-0.2, 0) is 10.2 Å². The van der Waals surface area contributed by atoms with Crippen molar-refractivity contribution in [3.8, 4) is 0 Å². The maximum absolute atomic E-state index is 12.2. The molecule has 112 valence electrons. The van der Waals surface area contributed by atoms with E-state index in [0.717, 1.165) is 6.42 Å². The van der Waals surface area contributed by atoms with E-state index in [4.69, 9.17) is 5.73 Å². The summed E-state index contributed by atoms with van der Waals surface area (Å²) in [5.74, 6) is -0.0685. The fraction of sp³-hybridized carbons (Fsp3) is 0.588. The van der Waals surface area contributed by atoms with Crippen LogP contribution < -0.4 is 11.1 Å². The standard InChI is InChI=1S/C17H28N2O/c1-6-11-17(5,18)15(20)19-12-16(3,4)14-10-8-7-9-13(14)2/h7-10H,6,11-12,18H2,1-5H3,(H,19,20). The van der Waals surface area contributed by atoms with Crippen LogP contribution in [0.1, 0.15) is 51.7 Å². The van der Waals surface area contributed by atoms with Gasteiger partial charge in [0.2, 0.25) is 5.91 Å². The number of hydrogen-bond donors (Lipinski definition) is 2. The van der Waals surface area contributed by atoms with Crippen molar-refractivity contribution < 1.29 is 4.79 Å². The summed E-state index contributed by atoms with van der Waals surface area (Å²) in [4.78, 5) is 12.2. The predicted molar refractivity (Wildman–Crippen MR) is 84.7 cm³/mol. The van der Waals surface area contributed by atoms with Crippen molar-refractivity contribution in [1.82, 2.24) is 5.32 Å². The van der Waals surface area contributed by atoms with Gasteiger partial charge in [0.25, 0.3) is 0 Å². The van der Waals surface area contributed by atoms with E-state index in [1.54, 1.807) is 6.92 Å². The Balaban J connectivity index is 2.74. The molecule has 0 heterocycles. The van der Waals surface area contributed by atoms with Crippen LogP contribution >= 0.6 is 0 Å². The largest absolute Gasteiger partial charge is 0.354 e. The lowest BCUT2D eigenvalue weighted by atomic mass is 9.81. The Labute approximate surface area is 122 Å². The molecule has 0 bridgehead atoms. The summed E-state index contributed by atoms with van der Waals surface area (Å²) in [6.07, 6.45) is 1.60. The zero-order valence-corrected chi connectivity index (χ0v) is 13.4. The first kappa shape index (κ1) is 16.7. The minimum Gasteiger partial charge on any atom is -0.354 e. The predicted octanol–water partition coefficient (Wildman–Crippen LogP) is 2.91. The molecule has 0 radical (unpaired) electrons. The Kier molecular flexibility index (Phi) is 5.35. The first-order valence-electron chi connectivity index (χ1n) is 7.34. The van der Waals surface area contributed by atoms with E-state index in [1.807, 2.05) is 19.1 Å². The highest BCUT2D eigenvalue weighted by Crippen LogP contribution is 2.25. The van der Waals surface area contributed by atoms with Crippen LogP contribution in [0.2, 0.25) is 0 Å². The van der Waals surface area contributed by atoms with Gasteiger partial charge in [-0.1, -0.05) is 51.5 Å². The van der Waals surface area contributed by atoms with Crippen LogP contribution in [0.5, 0.6) is 0 Å². The average Bonchev–Trinajstić information content (AvgIpc) is 2.36. The molecule has 3 heteroatoms. The molecule has 0 saturated heterocycles. The van der Waals surface area contributed by atoms with Gasteiger partial charge in [0, 0.05) is 12.0 Å². The molecule has 3 nitrogen and oxygen atoms in total. The summed E-state index contributed by atoms with van der Waals surface area (Å²) < 4.78 is 0. The fourth-order valence-electron chi connectivity index (χ4n) is 2.56. The molecule has 1 unspecified atom stereocenters. The van der Waals surface area contributed by atoms with Crippen molar-refractivity contribution in [3.05, 3.63) is 35.4 Å². The van der Waals surface area contributed by atoms with E-state index in [9.17, 15) is 4.79 Å². The summed E-state index contributed by atoms with van der Waals surface area (Å²) in [6.45, 7) is 10.8. The van der Waals surface area contributed by atoms with Gasteiger partial charge in [0.1, 0.15) is 0 Å². The maximum atomic E-state index is 12.2. The Morgan fingerprint density at radius 1 is 1.25 bits per heavy atom. The summed E-state index contributed by atoms with van der Waals surface area (Å²) in [5.41, 5.74) is 7.67. The third-order valence-corrected chi connectivity index (χ3v) is 3.85. The summed E-state index contributed by atoms with van der Waals surface area (Å²) in [5, 5.41) is 3.01. The van der Waals surface area contributed by atoms with Gasteiger partial charge in [-0.15, -0.1) is 0 Å². The number of nitrogens with one attached hydrogen (secondary N) is 1. The van der Waals surface area contributed by atoms with Crippen molar-refractivity contribution in [1.29, 1.82) is 0 Å². The molecule has 1 amide bonds. The topological polar surface area (TPSA) is 55.1 Å². The Hall–Kier alpha value is -1.35. The van der Waals surface area contributed by atoms with Crippen molar-refractivity contribution in [2.45, 2.75) is 58.4 Å². The van der Waals surface area contributed by atoms with Crippen LogP contribution in [0, 0.1) is 6.92 Å². The molecule has 3 N–H and O–H groups in total. The van der Waals surface area contributed by atoms with Crippen LogP contribution in [0.4, 0.5) is 0 Å². The zero-order valence-electron chi connectivity index (χ0n) is 13.4. The molecule has 0 aromatic heterocycles. The van der Waals surface area contributed by atoms with Gasteiger partial charge in [-0.2, -0.15) is 0 Å². The van der Waals surface area contributed by atoms with Crippen LogP contribution in [0.25, 0.3) is 0 Å². The summed E-state index contributed by atoms with van der Waals surface area (Å²) in [7, 11) is 0. The number of carbonyl (C=O) groups is 1. The minimum atomic E-state index is -0.781. The Morgan fingerprint density at radius 2 is 1.85 bits per heavy atom. The first-order valence-corrected chi connectivity index (χ1v) is 7.34. The lowest BCUT2D eigenvalue weighted by molar-refractivity contribution is -0.126. The lowest BCUT2D eigenvalue weighted by Gasteiger charge is -2.30. The molecule has 1 rings (SSSR count). The smallest absolute Gasteiger partial charge is 0.239 e. The highest BCUT2D eigenvalue weighted by atomic mass is 16.2. The molecule has 1 atom stereocenters. The first-order chi connectivity index (χ1) is 9.20. The number of nitrogens with two attached hydrogens (primary N) is 1. The van der Waals surface area contributed by atoms with Gasteiger partial charge < -0.3 is 11.1 Å². The van der Waals surface area contributed by atoms with Gasteiger partial charge in [-0.25, -0.2) is 0 Å². The number of aryl methyl sites for hydroxylation is 1. The third-order valence-electron chi connectivity index (χ3n) is 3.85. The van der Waals surface area contributed by atoms with E-state index in [0.29, 0.717) is 13.0 Å². The highest BCUT2D eigenvalue weighted by Gasteiger charge is 2.29. The van der Waals surface area contributed by atoms with Crippen LogP contribution in [0.15, 0.2) is 24.3 Å². The van der Waals surface area contributed by atoms with E-state index >= 15 is 0 Å². The molecule has 0 fully saturated rings. The molecular weight excluding hydrogens is 248 g/mol. The molecule has 0 spiro atoms. The SMILES string of the molecule is CCCC(C)(N)C(=O)NCC(C)(C)c1ccccc1C. The van der Waals surface area contributed by atoms with Crippen molar-refractivity contribution in [2.75, 3.05) is 6.54 Å². The number of hydrogen-bond acceptors (Lipinski definition) is 2. The molecule has 0 saturated carbocycles. The highest BCUT2D eigenvalue weighted by molar-refractivity contribution is 5.85. The van der Waals surface area contributed by atoms with Crippen molar-refractivity contribution >= 4 is 5.91 Å². The zero-order chi connectivity index (χ0) is 15.4. The fourth-order valence-corrected chi connectivity index (χ4v) is 2.56. The van der Waals surface area contributed by atoms with E-state index < -0.39 is 5.54 Å². The molecule has 0 aliphatic heterocycles. The van der Waals surface area contributed by atoms with Gasteiger partial charge >= 0.3 is 0 Å². The van der Waals surface area contributed by atoms with E-state index in [2.05, 4.69) is 38.2 Å².